The number of hydrogen-bond donors (Lipinski definition) is 5. The van der Waals surface area contributed by atoms with Crippen molar-refractivity contribution in [3.8, 4) is 11.5 Å². The Morgan fingerprint density at radius 3 is 2.21 bits per heavy atom. The maximum atomic E-state index is 10.2. The third-order valence-corrected chi connectivity index (χ3v) is 5.01. The minimum Gasteiger partial charge on any atom is -0.508 e. The number of ether oxygens (including phenoxy) is 2. The van der Waals surface area contributed by atoms with Crippen LogP contribution in [-0.2, 0) is 11.2 Å². The lowest BCUT2D eigenvalue weighted by Crippen LogP contribution is -2.60. The maximum absolute atomic E-state index is 10.2. The molecule has 2 aromatic carbocycles. The first-order valence-electron chi connectivity index (χ1n) is 8.53. The first kappa shape index (κ1) is 21.1. The van der Waals surface area contributed by atoms with Crippen molar-refractivity contribution in [3.63, 3.8) is 0 Å². The topological polar surface area (TPSA) is 120 Å². The molecule has 5 atom stereocenters. The molecule has 28 heavy (non-hydrogen) atoms. The summed E-state index contributed by atoms with van der Waals surface area (Å²) in [7, 11) is 0. The monoisotopic (exact) mass is 430 g/mol. The second-order valence-corrected chi connectivity index (χ2v) is 7.39. The van der Waals surface area contributed by atoms with Gasteiger partial charge in [-0.15, -0.1) is 0 Å². The number of phenolic OH excluding ortho intramolecular Hbond substituents is 1. The van der Waals surface area contributed by atoms with Crippen LogP contribution in [0, 0.1) is 0 Å². The maximum Gasteiger partial charge on any atom is 0.229 e. The SMILES string of the molecule is OC[C@H]1O[C@@H](Oc2ccc(Cl)cc2Cc2cc(Cl)ccc2O)[C@H](O)[C@@H](O)[C@@H]1O. The summed E-state index contributed by atoms with van der Waals surface area (Å²) in [4.78, 5) is 0. The zero-order valence-electron chi connectivity index (χ0n) is 14.6. The standard InChI is InChI=1S/C19H20Cl2O7/c20-11-1-3-13(23)9(6-11)5-10-7-12(21)2-4-14(10)27-19-18(26)17(25)16(24)15(8-22)28-19/h1-4,6-7,15-19,22-26H,5,8H2/t15-,16-,17+,18-,19-/m1/s1. The summed E-state index contributed by atoms with van der Waals surface area (Å²) < 4.78 is 11.1. The Labute approximate surface area is 171 Å². The number of aliphatic hydroxyl groups is 4. The van der Waals surface area contributed by atoms with Gasteiger partial charge in [-0.2, -0.15) is 0 Å². The highest BCUT2D eigenvalue weighted by atomic mass is 35.5. The second kappa shape index (κ2) is 8.84. The molecule has 1 fully saturated rings. The average molecular weight is 431 g/mol. The van der Waals surface area contributed by atoms with Gasteiger partial charge in [-0.3, -0.25) is 0 Å². The van der Waals surface area contributed by atoms with Crippen LogP contribution in [0.3, 0.4) is 0 Å². The van der Waals surface area contributed by atoms with E-state index in [4.69, 9.17) is 32.7 Å². The molecule has 2 aromatic rings. The van der Waals surface area contributed by atoms with Crippen LogP contribution in [-0.4, -0.2) is 62.8 Å². The largest absolute Gasteiger partial charge is 0.508 e. The van der Waals surface area contributed by atoms with Crippen LogP contribution in [0.15, 0.2) is 36.4 Å². The van der Waals surface area contributed by atoms with Crippen molar-refractivity contribution < 1.29 is 35.0 Å². The van der Waals surface area contributed by atoms with E-state index in [0.717, 1.165) is 0 Å². The van der Waals surface area contributed by atoms with Crippen molar-refractivity contribution in [3.05, 3.63) is 57.6 Å². The highest BCUT2D eigenvalue weighted by Crippen LogP contribution is 2.32. The Bertz CT molecular complexity index is 830. The zero-order valence-corrected chi connectivity index (χ0v) is 16.1. The number of halogens is 2. The van der Waals surface area contributed by atoms with E-state index in [1.165, 1.54) is 6.07 Å². The molecule has 5 N–H and O–H groups in total. The molecule has 0 bridgehead atoms. The molecule has 0 unspecified atom stereocenters. The molecule has 9 heteroatoms. The van der Waals surface area contributed by atoms with E-state index >= 15 is 0 Å². The fourth-order valence-electron chi connectivity index (χ4n) is 2.99. The number of benzene rings is 2. The molecule has 1 heterocycles. The molecule has 152 valence electrons. The Balaban J connectivity index is 1.87. The number of phenols is 1. The molecule has 0 aromatic heterocycles. The fourth-order valence-corrected chi connectivity index (χ4v) is 3.38. The Kier molecular flexibility index (Phi) is 6.67. The van der Waals surface area contributed by atoms with Gasteiger partial charge in [0.15, 0.2) is 0 Å². The van der Waals surface area contributed by atoms with Crippen molar-refractivity contribution in [2.75, 3.05) is 6.61 Å². The van der Waals surface area contributed by atoms with E-state index < -0.39 is 37.3 Å². The van der Waals surface area contributed by atoms with Crippen LogP contribution >= 0.6 is 23.2 Å². The summed E-state index contributed by atoms with van der Waals surface area (Å²) in [6, 6.07) is 9.39. The average Bonchev–Trinajstić information content (AvgIpc) is 2.67. The predicted molar refractivity (Wildman–Crippen MR) is 102 cm³/mol. The van der Waals surface area contributed by atoms with Crippen LogP contribution in [0.4, 0.5) is 0 Å². The number of aromatic hydroxyl groups is 1. The summed E-state index contributed by atoms with van der Waals surface area (Å²) in [5.41, 5.74) is 1.11. The smallest absolute Gasteiger partial charge is 0.229 e. The third kappa shape index (κ3) is 4.52. The lowest BCUT2D eigenvalue weighted by molar-refractivity contribution is -0.277. The van der Waals surface area contributed by atoms with E-state index in [0.29, 0.717) is 21.2 Å². The van der Waals surface area contributed by atoms with Crippen LogP contribution in [0.1, 0.15) is 11.1 Å². The highest BCUT2D eigenvalue weighted by molar-refractivity contribution is 6.31. The van der Waals surface area contributed by atoms with Crippen molar-refractivity contribution in [1.29, 1.82) is 0 Å². The van der Waals surface area contributed by atoms with Gasteiger partial charge >= 0.3 is 0 Å². The van der Waals surface area contributed by atoms with Gasteiger partial charge in [-0.05, 0) is 42.0 Å². The Morgan fingerprint density at radius 2 is 1.54 bits per heavy atom. The second-order valence-electron chi connectivity index (χ2n) is 6.52. The fraction of sp³-hybridized carbons (Fsp3) is 0.368. The summed E-state index contributed by atoms with van der Waals surface area (Å²) >= 11 is 12.1. The van der Waals surface area contributed by atoms with Gasteiger partial charge in [-0.1, -0.05) is 23.2 Å². The van der Waals surface area contributed by atoms with Crippen LogP contribution in [0.5, 0.6) is 11.5 Å². The molecule has 3 rings (SSSR count). The quantitative estimate of drug-likeness (QED) is 0.487. The Hall–Kier alpha value is -1.58. The normalized spacial score (nSPS) is 27.6. The van der Waals surface area contributed by atoms with Gasteiger partial charge in [0.1, 0.15) is 35.9 Å². The summed E-state index contributed by atoms with van der Waals surface area (Å²) in [5, 5.41) is 50.2. The van der Waals surface area contributed by atoms with Crippen molar-refractivity contribution in [2.24, 2.45) is 0 Å². The van der Waals surface area contributed by atoms with Gasteiger partial charge in [0.25, 0.3) is 0 Å². The van der Waals surface area contributed by atoms with Crippen LogP contribution in [0.25, 0.3) is 0 Å². The third-order valence-electron chi connectivity index (χ3n) is 4.54. The molecular weight excluding hydrogens is 411 g/mol. The summed E-state index contributed by atoms with van der Waals surface area (Å²) in [5.74, 6) is 0.330. The number of aliphatic hydroxyl groups excluding tert-OH is 4. The van der Waals surface area contributed by atoms with Crippen LogP contribution in [0.2, 0.25) is 10.0 Å². The summed E-state index contributed by atoms with van der Waals surface area (Å²) in [6.45, 7) is -0.561. The van der Waals surface area contributed by atoms with Gasteiger partial charge < -0.3 is 35.0 Å². The van der Waals surface area contributed by atoms with Gasteiger partial charge in [0.05, 0.1) is 6.61 Å². The minimum absolute atomic E-state index is 0.0446. The van der Waals surface area contributed by atoms with Gasteiger partial charge in [-0.25, -0.2) is 0 Å². The number of rotatable bonds is 5. The van der Waals surface area contributed by atoms with E-state index in [1.54, 1.807) is 30.3 Å². The molecule has 0 amide bonds. The minimum atomic E-state index is -1.55. The predicted octanol–water partition coefficient (Wildman–Crippen LogP) is 1.47. The molecule has 1 saturated heterocycles. The molecule has 1 aliphatic rings. The van der Waals surface area contributed by atoms with E-state index in [-0.39, 0.29) is 17.9 Å². The molecule has 0 saturated carbocycles. The number of hydrogen-bond acceptors (Lipinski definition) is 7. The Morgan fingerprint density at radius 1 is 0.893 bits per heavy atom. The highest BCUT2D eigenvalue weighted by Gasteiger charge is 2.44. The van der Waals surface area contributed by atoms with Gasteiger partial charge in [0, 0.05) is 22.0 Å². The molecular formula is C19H20Cl2O7. The first-order chi connectivity index (χ1) is 13.3. The zero-order chi connectivity index (χ0) is 20.4. The van der Waals surface area contributed by atoms with E-state index in [9.17, 15) is 25.5 Å². The van der Waals surface area contributed by atoms with E-state index in [2.05, 4.69) is 0 Å². The van der Waals surface area contributed by atoms with Crippen molar-refractivity contribution in [1.82, 2.24) is 0 Å². The molecule has 7 nitrogen and oxygen atoms in total. The molecule has 0 radical (unpaired) electrons. The van der Waals surface area contributed by atoms with Crippen molar-refractivity contribution in [2.45, 2.75) is 37.1 Å². The van der Waals surface area contributed by atoms with Crippen molar-refractivity contribution >= 4 is 23.2 Å². The molecule has 1 aliphatic heterocycles. The molecule has 0 aliphatic carbocycles. The molecule has 0 spiro atoms. The lowest BCUT2D eigenvalue weighted by atomic mass is 9.99. The van der Waals surface area contributed by atoms with Crippen LogP contribution < -0.4 is 4.74 Å². The summed E-state index contributed by atoms with van der Waals surface area (Å²) in [6.07, 6.45) is -6.77. The van der Waals surface area contributed by atoms with E-state index in [1.807, 2.05) is 0 Å². The van der Waals surface area contributed by atoms with Gasteiger partial charge in [0.2, 0.25) is 6.29 Å². The first-order valence-corrected chi connectivity index (χ1v) is 9.28. The lowest BCUT2D eigenvalue weighted by Gasteiger charge is -2.39.